The van der Waals surface area contributed by atoms with E-state index in [1.165, 1.54) is 6.20 Å². The molecule has 3 heterocycles. The number of likely N-dealkylation sites (N-methyl/N-ethyl adjacent to an activating group) is 1. The maximum absolute atomic E-state index is 10.1. The van der Waals surface area contributed by atoms with Crippen LogP contribution in [-0.2, 0) is 0 Å². The van der Waals surface area contributed by atoms with E-state index in [0.717, 1.165) is 28.0 Å². The molecule has 32 heavy (non-hydrogen) atoms. The number of pyridine rings is 1. The van der Waals surface area contributed by atoms with Crippen LogP contribution in [-0.4, -0.2) is 38.1 Å². The summed E-state index contributed by atoms with van der Waals surface area (Å²) < 4.78 is 1.93. The molecule has 3 aromatic heterocycles. The number of fused-ring (bicyclic) bond motifs is 1. The molecule has 0 saturated heterocycles. The van der Waals surface area contributed by atoms with Gasteiger partial charge in [0.25, 0.3) is 0 Å². The number of imidazole rings is 1. The zero-order valence-electron chi connectivity index (χ0n) is 18.2. The Kier molecular flexibility index (Phi) is 6.12. The van der Waals surface area contributed by atoms with Crippen LogP contribution in [0.2, 0.25) is 0 Å². The molecule has 0 saturated carbocycles. The normalized spacial score (nSPS) is 13.0. The fourth-order valence-corrected chi connectivity index (χ4v) is 3.65. The molecule has 0 amide bonds. The summed E-state index contributed by atoms with van der Waals surface area (Å²) in [6.45, 7) is 4.50. The lowest BCUT2D eigenvalue weighted by molar-refractivity contribution is 0.178. The molecule has 8 nitrogen and oxygen atoms in total. The van der Waals surface area contributed by atoms with Gasteiger partial charge in [0, 0.05) is 12.7 Å². The van der Waals surface area contributed by atoms with Crippen molar-refractivity contribution in [1.82, 2.24) is 24.7 Å². The molecule has 0 aliphatic rings. The van der Waals surface area contributed by atoms with E-state index in [2.05, 4.69) is 31.7 Å². The number of anilines is 1. The lowest BCUT2D eigenvalue weighted by Crippen LogP contribution is -2.16. The van der Waals surface area contributed by atoms with Crippen LogP contribution in [0.4, 0.5) is 5.95 Å². The molecule has 0 bridgehead atoms. The maximum atomic E-state index is 10.1. The largest absolute Gasteiger partial charge is 0.387 e. The smallest absolute Gasteiger partial charge is 0.223 e. The van der Waals surface area contributed by atoms with Gasteiger partial charge in [-0.25, -0.2) is 15.0 Å². The van der Waals surface area contributed by atoms with Crippen LogP contribution in [0.3, 0.4) is 0 Å². The van der Waals surface area contributed by atoms with Crippen molar-refractivity contribution >= 4 is 11.6 Å². The summed E-state index contributed by atoms with van der Waals surface area (Å²) in [6, 6.07) is 13.8. The third-order valence-corrected chi connectivity index (χ3v) is 5.45. The maximum Gasteiger partial charge on any atom is 0.223 e. The summed E-state index contributed by atoms with van der Waals surface area (Å²) in [7, 11) is 1.81. The first-order valence-corrected chi connectivity index (χ1v) is 10.4. The van der Waals surface area contributed by atoms with E-state index in [4.69, 9.17) is 0 Å². The topological polar surface area (TPSA) is 111 Å². The quantitative estimate of drug-likeness (QED) is 0.414. The second kappa shape index (κ2) is 9.14. The van der Waals surface area contributed by atoms with Crippen molar-refractivity contribution in [3.05, 3.63) is 77.2 Å². The van der Waals surface area contributed by atoms with Crippen molar-refractivity contribution in [2.75, 3.05) is 18.9 Å². The third-order valence-electron chi connectivity index (χ3n) is 5.45. The summed E-state index contributed by atoms with van der Waals surface area (Å²) >= 11 is 0. The standard InChI is InChI=1S/C24H25N7O/c1-15-5-4-10-31-20(13-27-23(15)31)22-19(11-25)12-28-24(30-22)29-16(2)17-6-8-18(9-7-17)21(32)14-26-3/h4-10,12-13,16,21,26,32H,14H2,1-3H3,(H,28,29,30)/t16-,21?/m0/s1. The molecule has 1 unspecified atom stereocenters. The number of nitrogens with one attached hydrogen (secondary N) is 2. The average molecular weight is 428 g/mol. The van der Waals surface area contributed by atoms with Crippen molar-refractivity contribution in [3.63, 3.8) is 0 Å². The van der Waals surface area contributed by atoms with E-state index in [1.807, 2.05) is 67.9 Å². The predicted octanol–water partition coefficient (Wildman–Crippen LogP) is 3.40. The number of aliphatic hydroxyl groups excluding tert-OH is 1. The number of benzene rings is 1. The molecule has 0 radical (unpaired) electrons. The Morgan fingerprint density at radius 2 is 1.88 bits per heavy atom. The van der Waals surface area contributed by atoms with E-state index in [0.29, 0.717) is 23.8 Å². The average Bonchev–Trinajstić information content (AvgIpc) is 3.24. The van der Waals surface area contributed by atoms with Gasteiger partial charge in [-0.15, -0.1) is 0 Å². The molecule has 3 N–H and O–H groups in total. The minimum atomic E-state index is -0.546. The Bertz CT molecular complexity index is 1270. The number of nitrogens with zero attached hydrogens (tertiary/aromatic N) is 5. The van der Waals surface area contributed by atoms with E-state index < -0.39 is 6.10 Å². The Labute approximate surface area is 186 Å². The van der Waals surface area contributed by atoms with Crippen LogP contribution in [0, 0.1) is 18.3 Å². The predicted molar refractivity (Wildman–Crippen MR) is 123 cm³/mol. The van der Waals surface area contributed by atoms with E-state index in [9.17, 15) is 10.4 Å². The summed E-state index contributed by atoms with van der Waals surface area (Å²) in [6.07, 6.45) is 4.63. The van der Waals surface area contributed by atoms with Crippen LogP contribution in [0.1, 0.15) is 41.3 Å². The van der Waals surface area contributed by atoms with Crippen molar-refractivity contribution in [2.45, 2.75) is 26.0 Å². The molecule has 2 atom stereocenters. The number of hydrogen-bond acceptors (Lipinski definition) is 7. The lowest BCUT2D eigenvalue weighted by atomic mass is 10.0. The Morgan fingerprint density at radius 1 is 1.12 bits per heavy atom. The fourth-order valence-electron chi connectivity index (χ4n) is 3.65. The molecule has 4 aromatic rings. The molecule has 4 rings (SSSR count). The van der Waals surface area contributed by atoms with Gasteiger partial charge in [-0.05, 0) is 43.7 Å². The molecular weight excluding hydrogens is 402 g/mol. The van der Waals surface area contributed by atoms with E-state index in [1.54, 1.807) is 6.20 Å². The van der Waals surface area contributed by atoms with Crippen molar-refractivity contribution in [3.8, 4) is 17.5 Å². The molecule has 0 aliphatic heterocycles. The molecule has 0 spiro atoms. The molecule has 8 heteroatoms. The van der Waals surface area contributed by atoms with Crippen molar-refractivity contribution in [2.24, 2.45) is 0 Å². The highest BCUT2D eigenvalue weighted by Crippen LogP contribution is 2.26. The number of nitriles is 1. The summed E-state index contributed by atoms with van der Waals surface area (Å²) in [5, 5.41) is 26.0. The SMILES string of the molecule is CNCC(O)c1ccc([C@H](C)Nc2ncc(C#N)c(-c3cnc4c(C)cccn34)n2)cc1. The lowest BCUT2D eigenvalue weighted by Gasteiger charge is -2.17. The third kappa shape index (κ3) is 4.17. The van der Waals surface area contributed by atoms with Crippen LogP contribution in [0.5, 0.6) is 0 Å². The van der Waals surface area contributed by atoms with Gasteiger partial charge in [-0.3, -0.25) is 4.40 Å². The van der Waals surface area contributed by atoms with Gasteiger partial charge < -0.3 is 15.7 Å². The molecule has 1 aromatic carbocycles. The van der Waals surface area contributed by atoms with Crippen LogP contribution >= 0.6 is 0 Å². The minimum absolute atomic E-state index is 0.0734. The van der Waals surface area contributed by atoms with Crippen LogP contribution in [0.15, 0.2) is 55.0 Å². The highest BCUT2D eigenvalue weighted by atomic mass is 16.3. The van der Waals surface area contributed by atoms with Gasteiger partial charge in [-0.2, -0.15) is 5.26 Å². The van der Waals surface area contributed by atoms with Gasteiger partial charge in [-0.1, -0.05) is 30.3 Å². The van der Waals surface area contributed by atoms with E-state index in [-0.39, 0.29) is 6.04 Å². The first-order chi connectivity index (χ1) is 15.5. The second-order valence-electron chi connectivity index (χ2n) is 7.70. The highest BCUT2D eigenvalue weighted by Gasteiger charge is 2.16. The zero-order valence-corrected chi connectivity index (χ0v) is 18.2. The van der Waals surface area contributed by atoms with Crippen molar-refractivity contribution in [1.29, 1.82) is 5.26 Å². The Hall–Kier alpha value is -3.80. The number of rotatable bonds is 7. The minimum Gasteiger partial charge on any atom is -0.387 e. The van der Waals surface area contributed by atoms with Gasteiger partial charge in [0.1, 0.15) is 17.4 Å². The van der Waals surface area contributed by atoms with Gasteiger partial charge in [0.15, 0.2) is 0 Å². The van der Waals surface area contributed by atoms with Gasteiger partial charge >= 0.3 is 0 Å². The fraction of sp³-hybridized carbons (Fsp3) is 0.250. The highest BCUT2D eigenvalue weighted by molar-refractivity contribution is 5.68. The van der Waals surface area contributed by atoms with E-state index >= 15 is 0 Å². The monoisotopic (exact) mass is 427 g/mol. The Balaban J connectivity index is 1.61. The molecule has 162 valence electrons. The summed E-state index contributed by atoms with van der Waals surface area (Å²) in [5.74, 6) is 0.424. The van der Waals surface area contributed by atoms with Crippen LogP contribution in [0.25, 0.3) is 17.0 Å². The summed E-state index contributed by atoms with van der Waals surface area (Å²) in [5.41, 5.74) is 5.41. The molecular formula is C24H25N7O. The first-order valence-electron chi connectivity index (χ1n) is 10.4. The van der Waals surface area contributed by atoms with Gasteiger partial charge in [0.05, 0.1) is 35.8 Å². The van der Waals surface area contributed by atoms with Crippen LogP contribution < -0.4 is 10.6 Å². The summed E-state index contributed by atoms with van der Waals surface area (Å²) in [4.78, 5) is 13.5. The van der Waals surface area contributed by atoms with Gasteiger partial charge in [0.2, 0.25) is 5.95 Å². The number of aromatic nitrogens is 4. The van der Waals surface area contributed by atoms with Crippen molar-refractivity contribution < 1.29 is 5.11 Å². The number of aryl methyl sites for hydroxylation is 1. The zero-order chi connectivity index (χ0) is 22.7. The molecule has 0 fully saturated rings. The molecule has 0 aliphatic carbocycles. The first kappa shape index (κ1) is 21.4. The Morgan fingerprint density at radius 3 is 2.59 bits per heavy atom. The number of aliphatic hydroxyl groups is 1. The number of hydrogen-bond donors (Lipinski definition) is 3. The second-order valence-corrected chi connectivity index (χ2v) is 7.70.